The highest BCUT2D eigenvalue weighted by Crippen LogP contribution is 2.29. The van der Waals surface area contributed by atoms with Crippen LogP contribution in [0.2, 0.25) is 0 Å². The van der Waals surface area contributed by atoms with Crippen molar-refractivity contribution in [3.8, 4) is 0 Å². The SMILES string of the molecule is CC(C)C(=O)O[C@H]1CCCC[C@@H]1Cc1ccccn1. The van der Waals surface area contributed by atoms with Gasteiger partial charge in [-0.05, 0) is 37.8 Å². The molecule has 0 amide bonds. The summed E-state index contributed by atoms with van der Waals surface area (Å²) in [6.07, 6.45) is 7.33. The molecule has 1 heterocycles. The quantitative estimate of drug-likeness (QED) is 0.780. The molecular formula is C16H23NO2. The molecule has 19 heavy (non-hydrogen) atoms. The van der Waals surface area contributed by atoms with Gasteiger partial charge in [-0.2, -0.15) is 0 Å². The summed E-state index contributed by atoms with van der Waals surface area (Å²) < 4.78 is 5.67. The van der Waals surface area contributed by atoms with Gasteiger partial charge in [-0.1, -0.05) is 26.3 Å². The van der Waals surface area contributed by atoms with Gasteiger partial charge in [-0.3, -0.25) is 9.78 Å². The molecule has 2 atom stereocenters. The Bertz CT molecular complexity index is 402. The van der Waals surface area contributed by atoms with Crippen LogP contribution >= 0.6 is 0 Å². The molecule has 0 bridgehead atoms. The molecule has 1 aliphatic rings. The number of pyridine rings is 1. The van der Waals surface area contributed by atoms with Gasteiger partial charge in [-0.15, -0.1) is 0 Å². The van der Waals surface area contributed by atoms with Crippen LogP contribution in [0.5, 0.6) is 0 Å². The van der Waals surface area contributed by atoms with Crippen molar-refractivity contribution >= 4 is 5.97 Å². The lowest BCUT2D eigenvalue weighted by Crippen LogP contribution is -2.33. The fourth-order valence-corrected chi connectivity index (χ4v) is 2.64. The van der Waals surface area contributed by atoms with Gasteiger partial charge in [-0.25, -0.2) is 0 Å². The molecule has 0 aliphatic heterocycles. The fourth-order valence-electron chi connectivity index (χ4n) is 2.64. The first kappa shape index (κ1) is 14.0. The summed E-state index contributed by atoms with van der Waals surface area (Å²) in [5, 5.41) is 0. The van der Waals surface area contributed by atoms with Crippen LogP contribution in [0, 0.1) is 11.8 Å². The van der Waals surface area contributed by atoms with Crippen molar-refractivity contribution in [3.63, 3.8) is 0 Å². The van der Waals surface area contributed by atoms with Gasteiger partial charge in [0.25, 0.3) is 0 Å². The van der Waals surface area contributed by atoms with Crippen LogP contribution in [0.4, 0.5) is 0 Å². The van der Waals surface area contributed by atoms with E-state index in [1.807, 2.05) is 32.2 Å². The van der Waals surface area contributed by atoms with E-state index in [1.165, 1.54) is 6.42 Å². The van der Waals surface area contributed by atoms with Crippen LogP contribution in [0.15, 0.2) is 24.4 Å². The van der Waals surface area contributed by atoms with Crippen molar-refractivity contribution < 1.29 is 9.53 Å². The van der Waals surface area contributed by atoms with Crippen molar-refractivity contribution in [3.05, 3.63) is 30.1 Å². The highest BCUT2D eigenvalue weighted by atomic mass is 16.5. The van der Waals surface area contributed by atoms with Crippen molar-refractivity contribution in [1.29, 1.82) is 0 Å². The molecule has 0 saturated heterocycles. The van der Waals surface area contributed by atoms with Gasteiger partial charge < -0.3 is 4.74 Å². The molecule has 0 aromatic carbocycles. The summed E-state index contributed by atoms with van der Waals surface area (Å²) in [6, 6.07) is 6.00. The maximum absolute atomic E-state index is 11.8. The number of hydrogen-bond acceptors (Lipinski definition) is 3. The largest absolute Gasteiger partial charge is 0.462 e. The highest BCUT2D eigenvalue weighted by Gasteiger charge is 2.29. The summed E-state index contributed by atoms with van der Waals surface area (Å²) in [5.41, 5.74) is 1.10. The fraction of sp³-hybridized carbons (Fsp3) is 0.625. The predicted molar refractivity (Wildman–Crippen MR) is 74.6 cm³/mol. The molecule has 1 aromatic heterocycles. The first-order valence-corrected chi connectivity index (χ1v) is 7.27. The number of rotatable bonds is 4. The summed E-state index contributed by atoms with van der Waals surface area (Å²) in [5.74, 6) is 0.307. The van der Waals surface area contributed by atoms with Crippen molar-refractivity contribution in [1.82, 2.24) is 4.98 Å². The molecule has 1 fully saturated rings. The summed E-state index contributed by atoms with van der Waals surface area (Å²) in [6.45, 7) is 3.78. The monoisotopic (exact) mass is 261 g/mol. The normalized spacial score (nSPS) is 23.3. The third kappa shape index (κ3) is 4.05. The number of carbonyl (C=O) groups excluding carboxylic acids is 1. The molecule has 3 nitrogen and oxygen atoms in total. The first-order chi connectivity index (χ1) is 9.16. The smallest absolute Gasteiger partial charge is 0.308 e. The average Bonchev–Trinajstić information content (AvgIpc) is 2.42. The van der Waals surface area contributed by atoms with Crippen LogP contribution < -0.4 is 0 Å². The van der Waals surface area contributed by atoms with Gasteiger partial charge in [0.15, 0.2) is 0 Å². The zero-order valence-electron chi connectivity index (χ0n) is 11.8. The maximum atomic E-state index is 11.8. The molecule has 104 valence electrons. The second-order valence-corrected chi connectivity index (χ2v) is 5.70. The standard InChI is InChI=1S/C16H23NO2/c1-12(2)16(18)19-15-9-4-3-7-13(15)11-14-8-5-6-10-17-14/h5-6,8,10,12-13,15H,3-4,7,9,11H2,1-2H3/t13-,15+/m1/s1. The van der Waals surface area contributed by atoms with E-state index in [0.717, 1.165) is 31.4 Å². The number of hydrogen-bond donors (Lipinski definition) is 0. The van der Waals surface area contributed by atoms with Gasteiger partial charge in [0.2, 0.25) is 0 Å². The predicted octanol–water partition coefficient (Wildman–Crippen LogP) is 3.38. The topological polar surface area (TPSA) is 39.2 Å². The Morgan fingerprint density at radius 2 is 2.16 bits per heavy atom. The van der Waals surface area contributed by atoms with Gasteiger partial charge in [0.05, 0.1) is 5.92 Å². The van der Waals surface area contributed by atoms with Crippen LogP contribution in [-0.4, -0.2) is 17.1 Å². The van der Waals surface area contributed by atoms with E-state index in [9.17, 15) is 4.79 Å². The van der Waals surface area contributed by atoms with Crippen LogP contribution in [0.1, 0.15) is 45.2 Å². The molecule has 3 heteroatoms. The second-order valence-electron chi connectivity index (χ2n) is 5.70. The van der Waals surface area contributed by atoms with E-state index in [2.05, 4.69) is 11.1 Å². The number of aromatic nitrogens is 1. The molecule has 0 radical (unpaired) electrons. The van der Waals surface area contributed by atoms with Gasteiger partial charge in [0.1, 0.15) is 6.10 Å². The third-order valence-electron chi connectivity index (χ3n) is 3.78. The Kier molecular flexibility index (Phi) is 4.94. The minimum Gasteiger partial charge on any atom is -0.462 e. The average molecular weight is 261 g/mol. The molecule has 0 spiro atoms. The summed E-state index contributed by atoms with van der Waals surface area (Å²) in [4.78, 5) is 16.2. The zero-order chi connectivity index (χ0) is 13.7. The lowest BCUT2D eigenvalue weighted by atomic mass is 9.83. The van der Waals surface area contributed by atoms with E-state index in [0.29, 0.717) is 5.92 Å². The zero-order valence-corrected chi connectivity index (χ0v) is 11.8. The molecule has 1 saturated carbocycles. The third-order valence-corrected chi connectivity index (χ3v) is 3.78. The van der Waals surface area contributed by atoms with Crippen LogP contribution in [0.3, 0.4) is 0 Å². The Labute approximate surface area is 115 Å². The molecule has 1 aliphatic carbocycles. The first-order valence-electron chi connectivity index (χ1n) is 7.27. The highest BCUT2D eigenvalue weighted by molar-refractivity contribution is 5.71. The van der Waals surface area contributed by atoms with Crippen LogP contribution in [0.25, 0.3) is 0 Å². The van der Waals surface area contributed by atoms with Crippen molar-refractivity contribution in [2.45, 2.75) is 52.1 Å². The van der Waals surface area contributed by atoms with E-state index in [4.69, 9.17) is 4.74 Å². The van der Waals surface area contributed by atoms with Crippen LogP contribution in [-0.2, 0) is 16.0 Å². The lowest BCUT2D eigenvalue weighted by Gasteiger charge is -2.31. The number of carbonyl (C=O) groups is 1. The van der Waals surface area contributed by atoms with Gasteiger partial charge >= 0.3 is 5.97 Å². The Morgan fingerprint density at radius 1 is 1.37 bits per heavy atom. The van der Waals surface area contributed by atoms with E-state index >= 15 is 0 Å². The minimum absolute atomic E-state index is 0.0440. The number of esters is 1. The molecule has 0 N–H and O–H groups in total. The maximum Gasteiger partial charge on any atom is 0.308 e. The van der Waals surface area contributed by atoms with Crippen molar-refractivity contribution in [2.24, 2.45) is 11.8 Å². The Balaban J connectivity index is 1.98. The Morgan fingerprint density at radius 3 is 2.84 bits per heavy atom. The number of ether oxygens (including phenoxy) is 1. The van der Waals surface area contributed by atoms with E-state index < -0.39 is 0 Å². The van der Waals surface area contributed by atoms with Gasteiger partial charge in [0, 0.05) is 17.8 Å². The lowest BCUT2D eigenvalue weighted by molar-refractivity contribution is -0.157. The molecule has 1 aromatic rings. The number of nitrogens with zero attached hydrogens (tertiary/aromatic N) is 1. The van der Waals surface area contributed by atoms with E-state index in [-0.39, 0.29) is 18.0 Å². The Hall–Kier alpha value is -1.38. The molecular weight excluding hydrogens is 238 g/mol. The van der Waals surface area contributed by atoms with Crippen molar-refractivity contribution in [2.75, 3.05) is 0 Å². The summed E-state index contributed by atoms with van der Waals surface area (Å²) >= 11 is 0. The molecule has 2 rings (SSSR count). The minimum atomic E-state index is -0.0714. The van der Waals surface area contributed by atoms with E-state index in [1.54, 1.807) is 0 Å². The molecule has 0 unspecified atom stereocenters. The summed E-state index contributed by atoms with van der Waals surface area (Å²) in [7, 11) is 0. The second kappa shape index (κ2) is 6.69.